The van der Waals surface area contributed by atoms with Gasteiger partial charge >= 0.3 is 0 Å². The summed E-state index contributed by atoms with van der Waals surface area (Å²) >= 11 is 1.44. The second kappa shape index (κ2) is 6.62. The van der Waals surface area contributed by atoms with Gasteiger partial charge in [0.05, 0.1) is 27.2 Å². The van der Waals surface area contributed by atoms with Gasteiger partial charge in [-0.1, -0.05) is 59.9 Å². The van der Waals surface area contributed by atoms with Gasteiger partial charge in [0.2, 0.25) is 5.76 Å². The quantitative estimate of drug-likeness (QED) is 0.377. The first kappa shape index (κ1) is 18.0. The third-order valence-electron chi connectivity index (χ3n) is 5.63. The van der Waals surface area contributed by atoms with E-state index >= 15 is 0 Å². The molecule has 1 aliphatic heterocycles. The van der Waals surface area contributed by atoms with Crippen molar-refractivity contribution in [2.45, 2.75) is 13.0 Å². The Morgan fingerprint density at radius 3 is 2.58 bits per heavy atom. The fourth-order valence-corrected chi connectivity index (χ4v) is 5.28. The number of amides is 1. The zero-order valence-corrected chi connectivity index (χ0v) is 17.3. The van der Waals surface area contributed by atoms with Crippen molar-refractivity contribution in [3.05, 3.63) is 105 Å². The summed E-state index contributed by atoms with van der Waals surface area (Å²) in [5.41, 5.74) is 3.39. The van der Waals surface area contributed by atoms with Crippen LogP contribution in [0.25, 0.3) is 21.2 Å². The lowest BCUT2D eigenvalue weighted by molar-refractivity contribution is 0.0971. The Morgan fingerprint density at radius 1 is 0.968 bits per heavy atom. The molecule has 0 spiro atoms. The highest BCUT2D eigenvalue weighted by Crippen LogP contribution is 2.43. The van der Waals surface area contributed by atoms with Gasteiger partial charge in [0.15, 0.2) is 10.6 Å². The van der Waals surface area contributed by atoms with Crippen molar-refractivity contribution in [2.75, 3.05) is 4.90 Å². The van der Waals surface area contributed by atoms with E-state index in [0.29, 0.717) is 21.7 Å². The zero-order valence-electron chi connectivity index (χ0n) is 16.5. The van der Waals surface area contributed by atoms with E-state index in [-0.39, 0.29) is 17.1 Å². The topological polar surface area (TPSA) is 63.4 Å². The minimum atomic E-state index is -0.591. The van der Waals surface area contributed by atoms with Gasteiger partial charge in [-0.2, -0.15) is 0 Å². The Kier molecular flexibility index (Phi) is 3.85. The monoisotopic (exact) mass is 424 g/mol. The highest BCUT2D eigenvalue weighted by molar-refractivity contribution is 7.22. The number of aryl methyl sites for hydroxylation is 1. The lowest BCUT2D eigenvalue weighted by atomic mass is 9.99. The number of benzene rings is 3. The SMILES string of the molecule is Cc1ccc2nc(N3C(=O)c4oc5ccccc5c(=O)c4C3c3ccccc3)sc2c1. The van der Waals surface area contributed by atoms with Crippen molar-refractivity contribution in [3.8, 4) is 0 Å². The van der Waals surface area contributed by atoms with Crippen molar-refractivity contribution in [1.29, 1.82) is 0 Å². The fraction of sp³-hybridized carbons (Fsp3) is 0.0800. The van der Waals surface area contributed by atoms with Crippen LogP contribution in [0.5, 0.6) is 0 Å². The van der Waals surface area contributed by atoms with Crippen LogP contribution in [0.15, 0.2) is 82.0 Å². The maximum atomic E-state index is 13.6. The summed E-state index contributed by atoms with van der Waals surface area (Å²) in [6.45, 7) is 2.02. The molecule has 150 valence electrons. The molecule has 0 fully saturated rings. The molecule has 0 radical (unpaired) electrons. The van der Waals surface area contributed by atoms with Crippen LogP contribution in [0.1, 0.15) is 33.3 Å². The van der Waals surface area contributed by atoms with Gasteiger partial charge in [0.25, 0.3) is 5.91 Å². The smallest absolute Gasteiger partial charge is 0.297 e. The molecule has 6 rings (SSSR count). The third kappa shape index (κ3) is 2.65. The molecule has 2 aromatic heterocycles. The molecule has 1 atom stereocenters. The Bertz CT molecular complexity index is 1550. The predicted molar refractivity (Wildman–Crippen MR) is 122 cm³/mol. The molecule has 5 nitrogen and oxygen atoms in total. The number of para-hydroxylation sites is 1. The number of carbonyl (C=O) groups excluding carboxylic acids is 1. The second-order valence-corrected chi connectivity index (χ2v) is 8.64. The molecule has 6 heteroatoms. The van der Waals surface area contributed by atoms with Gasteiger partial charge in [-0.05, 0) is 42.3 Å². The molecule has 3 aromatic carbocycles. The summed E-state index contributed by atoms with van der Waals surface area (Å²) < 4.78 is 6.98. The zero-order chi connectivity index (χ0) is 21.1. The number of rotatable bonds is 2. The number of aromatic nitrogens is 1. The number of anilines is 1. The first-order valence-electron chi connectivity index (χ1n) is 9.93. The molecule has 0 saturated heterocycles. The number of thiazole rings is 1. The Morgan fingerprint density at radius 2 is 1.74 bits per heavy atom. The van der Waals surface area contributed by atoms with E-state index in [2.05, 4.69) is 6.07 Å². The highest BCUT2D eigenvalue weighted by Gasteiger charge is 2.44. The molecule has 0 saturated carbocycles. The van der Waals surface area contributed by atoms with Crippen molar-refractivity contribution in [1.82, 2.24) is 4.98 Å². The average molecular weight is 424 g/mol. The van der Waals surface area contributed by atoms with Gasteiger partial charge in [0, 0.05) is 0 Å². The second-order valence-electron chi connectivity index (χ2n) is 7.63. The highest BCUT2D eigenvalue weighted by atomic mass is 32.1. The summed E-state index contributed by atoms with van der Waals surface area (Å²) in [5, 5.41) is 1.02. The van der Waals surface area contributed by atoms with E-state index < -0.39 is 6.04 Å². The van der Waals surface area contributed by atoms with E-state index in [1.165, 1.54) is 11.3 Å². The van der Waals surface area contributed by atoms with Crippen molar-refractivity contribution < 1.29 is 9.21 Å². The molecule has 0 bridgehead atoms. The Balaban J connectivity index is 1.64. The molecular formula is C25H16N2O3S. The number of carbonyl (C=O) groups is 1. The summed E-state index contributed by atoms with van der Waals surface area (Å²) in [6.07, 6.45) is 0. The molecule has 1 aliphatic rings. The van der Waals surface area contributed by atoms with Gasteiger partial charge < -0.3 is 4.42 Å². The van der Waals surface area contributed by atoms with Gasteiger partial charge in [-0.15, -0.1) is 0 Å². The van der Waals surface area contributed by atoms with Gasteiger partial charge in [0.1, 0.15) is 5.58 Å². The molecule has 5 aromatic rings. The van der Waals surface area contributed by atoms with Crippen LogP contribution in [0.2, 0.25) is 0 Å². The van der Waals surface area contributed by atoms with E-state index in [4.69, 9.17) is 9.40 Å². The van der Waals surface area contributed by atoms with Crippen LogP contribution in [-0.2, 0) is 0 Å². The molecule has 31 heavy (non-hydrogen) atoms. The molecule has 1 amide bonds. The maximum absolute atomic E-state index is 13.6. The van der Waals surface area contributed by atoms with Crippen LogP contribution in [0.3, 0.4) is 0 Å². The van der Waals surface area contributed by atoms with Crippen LogP contribution in [-0.4, -0.2) is 10.9 Å². The van der Waals surface area contributed by atoms with Gasteiger partial charge in [-0.25, -0.2) is 4.98 Å². The van der Waals surface area contributed by atoms with Crippen molar-refractivity contribution in [3.63, 3.8) is 0 Å². The summed E-state index contributed by atoms with van der Waals surface area (Å²) in [4.78, 5) is 33.4. The minimum Gasteiger partial charge on any atom is -0.450 e. The number of fused-ring (bicyclic) bond motifs is 3. The minimum absolute atomic E-state index is 0.0907. The number of nitrogens with zero attached hydrogens (tertiary/aromatic N) is 2. The van der Waals surface area contributed by atoms with Crippen LogP contribution in [0, 0.1) is 6.92 Å². The van der Waals surface area contributed by atoms with Crippen molar-refractivity contribution >= 4 is 43.6 Å². The van der Waals surface area contributed by atoms with E-state index in [1.54, 1.807) is 29.2 Å². The fourth-order valence-electron chi connectivity index (χ4n) is 4.19. The lowest BCUT2D eigenvalue weighted by Crippen LogP contribution is -2.29. The van der Waals surface area contributed by atoms with Crippen LogP contribution < -0.4 is 10.3 Å². The molecule has 0 aliphatic carbocycles. The predicted octanol–water partition coefficient (Wildman–Crippen LogP) is 5.46. The van der Waals surface area contributed by atoms with Gasteiger partial charge in [-0.3, -0.25) is 14.5 Å². The van der Waals surface area contributed by atoms with E-state index in [9.17, 15) is 9.59 Å². The molecule has 3 heterocycles. The maximum Gasteiger partial charge on any atom is 0.297 e. The van der Waals surface area contributed by atoms with Crippen molar-refractivity contribution in [2.24, 2.45) is 0 Å². The number of hydrogen-bond donors (Lipinski definition) is 0. The summed E-state index contributed by atoms with van der Waals surface area (Å²) in [5.74, 6) is -0.254. The normalized spacial score (nSPS) is 15.7. The largest absolute Gasteiger partial charge is 0.450 e. The molecular weight excluding hydrogens is 408 g/mol. The summed E-state index contributed by atoms with van der Waals surface area (Å²) in [7, 11) is 0. The van der Waals surface area contributed by atoms with Crippen LogP contribution in [0.4, 0.5) is 5.13 Å². The third-order valence-corrected chi connectivity index (χ3v) is 6.65. The van der Waals surface area contributed by atoms with E-state index in [1.807, 2.05) is 49.4 Å². The Labute approximate surface area is 181 Å². The Hall–Kier alpha value is -3.77. The first-order valence-corrected chi connectivity index (χ1v) is 10.7. The average Bonchev–Trinajstić information content (AvgIpc) is 3.33. The van der Waals surface area contributed by atoms with E-state index in [0.717, 1.165) is 21.3 Å². The standard InChI is InChI=1S/C25H16N2O3S/c1-14-11-12-17-19(13-14)31-25(26-17)27-21(15-7-3-2-4-8-15)20-22(28)16-9-5-6-10-18(16)30-23(20)24(27)29/h2-13,21H,1H3. The van der Waals surface area contributed by atoms with Crippen LogP contribution >= 0.6 is 11.3 Å². The molecule has 1 unspecified atom stereocenters. The summed E-state index contributed by atoms with van der Waals surface area (Å²) in [6, 6.07) is 22.0. The number of hydrogen-bond acceptors (Lipinski definition) is 5. The first-order chi connectivity index (χ1) is 15.1. The molecule has 0 N–H and O–H groups in total. The lowest BCUT2D eigenvalue weighted by Gasteiger charge is -2.22.